The molecule has 1 aliphatic heterocycles. The molecule has 0 saturated carbocycles. The lowest BCUT2D eigenvalue weighted by molar-refractivity contribution is 0.446. The molecule has 2 N–H and O–H groups in total. The molecule has 1 atom stereocenters. The average molecular weight is 241 g/mol. The highest BCUT2D eigenvalue weighted by atomic mass is 32.2. The third-order valence-electron chi connectivity index (χ3n) is 2.41. The van der Waals surface area contributed by atoms with Gasteiger partial charge in [-0.05, 0) is 6.26 Å². The van der Waals surface area contributed by atoms with Crippen LogP contribution in [0.1, 0.15) is 15.6 Å². The fourth-order valence-electron chi connectivity index (χ4n) is 1.58. The van der Waals surface area contributed by atoms with Crippen molar-refractivity contribution in [1.29, 1.82) is 0 Å². The molecule has 1 unspecified atom stereocenters. The molecule has 1 aromatic heterocycles. The topological polar surface area (TPSA) is 42.1 Å². The lowest BCUT2D eigenvalue weighted by Gasteiger charge is -2.26. The van der Waals surface area contributed by atoms with Crippen LogP contribution in [0.25, 0.3) is 5.70 Å². The van der Waals surface area contributed by atoms with Crippen molar-refractivity contribution in [2.24, 2.45) is 5.73 Å². The monoisotopic (exact) mass is 241 g/mol. The lowest BCUT2D eigenvalue weighted by atomic mass is 10.2. The van der Waals surface area contributed by atoms with Gasteiger partial charge >= 0.3 is 0 Å². The van der Waals surface area contributed by atoms with E-state index in [0.717, 1.165) is 24.5 Å². The highest BCUT2D eigenvalue weighted by Gasteiger charge is 2.20. The van der Waals surface area contributed by atoms with Gasteiger partial charge in [-0.25, -0.2) is 4.98 Å². The van der Waals surface area contributed by atoms with Crippen molar-refractivity contribution in [3.05, 3.63) is 22.2 Å². The molecule has 1 aromatic rings. The number of hydrogen-bond donors (Lipinski definition) is 1. The van der Waals surface area contributed by atoms with Gasteiger partial charge in [-0.15, -0.1) is 22.0 Å². The maximum absolute atomic E-state index is 5.65. The SMILES string of the molecule is C=C(N)c1nc2c(s1)CN(S(=C)C)CC2. The van der Waals surface area contributed by atoms with E-state index < -0.39 is 0 Å². The smallest absolute Gasteiger partial charge is 0.139 e. The summed E-state index contributed by atoms with van der Waals surface area (Å²) in [6.07, 6.45) is 3.15. The molecule has 0 saturated heterocycles. The van der Waals surface area contributed by atoms with Gasteiger partial charge in [0.05, 0.1) is 11.4 Å². The molecule has 0 amide bonds. The first-order valence-corrected chi connectivity index (χ1v) is 7.29. The molecule has 0 aromatic carbocycles. The van der Waals surface area contributed by atoms with Crippen LogP contribution in [0.5, 0.6) is 0 Å². The Kier molecular flexibility index (Phi) is 2.95. The van der Waals surface area contributed by atoms with Gasteiger partial charge in [0.25, 0.3) is 0 Å². The number of rotatable bonds is 2. The van der Waals surface area contributed by atoms with Crippen molar-refractivity contribution in [2.45, 2.75) is 13.0 Å². The van der Waals surface area contributed by atoms with E-state index in [-0.39, 0.29) is 10.7 Å². The Hall–Kier alpha value is -0.650. The molecule has 1 aliphatic rings. The first kappa shape index (κ1) is 10.9. The van der Waals surface area contributed by atoms with Crippen LogP contribution in [0, 0.1) is 0 Å². The summed E-state index contributed by atoms with van der Waals surface area (Å²) in [7, 11) is 0.0978. The molecule has 0 fully saturated rings. The molecular weight excluding hydrogens is 226 g/mol. The Morgan fingerprint density at radius 3 is 3.00 bits per heavy atom. The van der Waals surface area contributed by atoms with Crippen molar-refractivity contribution in [2.75, 3.05) is 12.8 Å². The van der Waals surface area contributed by atoms with Crippen molar-refractivity contribution in [3.63, 3.8) is 0 Å². The first-order chi connectivity index (χ1) is 7.08. The number of fused-ring (bicyclic) bond motifs is 1. The first-order valence-electron chi connectivity index (χ1n) is 4.72. The van der Waals surface area contributed by atoms with Crippen LogP contribution in [-0.4, -0.2) is 28.0 Å². The molecule has 2 heterocycles. The van der Waals surface area contributed by atoms with E-state index in [2.05, 4.69) is 28.0 Å². The van der Waals surface area contributed by atoms with Crippen molar-refractivity contribution in [3.8, 4) is 0 Å². The lowest BCUT2D eigenvalue weighted by Crippen LogP contribution is -2.24. The van der Waals surface area contributed by atoms with Crippen LogP contribution in [0.4, 0.5) is 0 Å². The Morgan fingerprint density at radius 2 is 2.40 bits per heavy atom. The molecule has 0 radical (unpaired) electrons. The van der Waals surface area contributed by atoms with E-state index in [0.29, 0.717) is 5.70 Å². The minimum atomic E-state index is 0.0978. The Bertz CT molecular complexity index is 422. The van der Waals surface area contributed by atoms with E-state index in [4.69, 9.17) is 5.73 Å². The molecular formula is C10H15N3S2. The van der Waals surface area contributed by atoms with Crippen molar-refractivity contribution < 1.29 is 0 Å². The second-order valence-corrected chi connectivity index (χ2v) is 6.43. The third kappa shape index (κ3) is 2.14. The Labute approximate surface area is 96.7 Å². The van der Waals surface area contributed by atoms with Gasteiger partial charge in [-0.1, -0.05) is 12.4 Å². The van der Waals surface area contributed by atoms with Gasteiger partial charge in [0.15, 0.2) is 0 Å². The minimum Gasteiger partial charge on any atom is -0.397 e. The van der Waals surface area contributed by atoms with Gasteiger partial charge in [0, 0.05) is 24.4 Å². The predicted molar refractivity (Wildman–Crippen MR) is 70.1 cm³/mol. The summed E-state index contributed by atoms with van der Waals surface area (Å²) in [6, 6.07) is 0. The summed E-state index contributed by atoms with van der Waals surface area (Å²) in [5.41, 5.74) is 7.42. The summed E-state index contributed by atoms with van der Waals surface area (Å²) in [5.74, 6) is 4.07. The minimum absolute atomic E-state index is 0.0978. The zero-order valence-corrected chi connectivity index (χ0v) is 10.5. The molecule has 0 spiro atoms. The number of nitrogens with two attached hydrogens (primary N) is 1. The predicted octanol–water partition coefficient (Wildman–Crippen LogP) is 1.68. The van der Waals surface area contributed by atoms with Gasteiger partial charge in [-0.3, -0.25) is 4.31 Å². The number of thiazole rings is 1. The molecule has 15 heavy (non-hydrogen) atoms. The number of nitrogens with zero attached hydrogens (tertiary/aromatic N) is 2. The van der Waals surface area contributed by atoms with Crippen LogP contribution < -0.4 is 5.73 Å². The summed E-state index contributed by atoms with van der Waals surface area (Å²) in [5, 5.41) is 0.877. The standard InChI is InChI=1S/C10H15N3S2/c1-7(11)10-12-8-4-5-13(15(2)3)6-9(8)14-10/h1-2,4-6,11H2,3H3. The van der Waals surface area contributed by atoms with E-state index in [9.17, 15) is 0 Å². The summed E-state index contributed by atoms with van der Waals surface area (Å²) < 4.78 is 2.38. The molecule has 5 heteroatoms. The van der Waals surface area contributed by atoms with Gasteiger partial charge in [0.1, 0.15) is 5.01 Å². The van der Waals surface area contributed by atoms with Crippen LogP contribution in [0.15, 0.2) is 6.58 Å². The second-order valence-electron chi connectivity index (χ2n) is 3.63. The Balaban J connectivity index is 2.26. The van der Waals surface area contributed by atoms with Gasteiger partial charge in [0.2, 0.25) is 0 Å². The largest absolute Gasteiger partial charge is 0.397 e. The normalized spacial score (nSPS) is 18.5. The quantitative estimate of drug-likeness (QED) is 0.801. The van der Waals surface area contributed by atoms with Gasteiger partial charge in [-0.2, -0.15) is 0 Å². The van der Waals surface area contributed by atoms with Crippen molar-refractivity contribution >= 4 is 33.6 Å². The molecule has 0 aliphatic carbocycles. The molecule has 0 bridgehead atoms. The molecule has 2 rings (SSSR count). The maximum Gasteiger partial charge on any atom is 0.139 e. The highest BCUT2D eigenvalue weighted by Crippen LogP contribution is 2.30. The van der Waals surface area contributed by atoms with E-state index in [1.165, 1.54) is 10.6 Å². The van der Waals surface area contributed by atoms with Crippen LogP contribution in [-0.2, 0) is 13.0 Å². The van der Waals surface area contributed by atoms with Gasteiger partial charge < -0.3 is 5.73 Å². The molecule has 82 valence electrons. The summed E-state index contributed by atoms with van der Waals surface area (Å²) >= 11 is 1.66. The van der Waals surface area contributed by atoms with E-state index >= 15 is 0 Å². The van der Waals surface area contributed by atoms with Crippen molar-refractivity contribution in [1.82, 2.24) is 9.29 Å². The fourth-order valence-corrected chi connectivity index (χ4v) is 3.42. The number of aromatic nitrogens is 1. The summed E-state index contributed by atoms with van der Waals surface area (Å²) in [4.78, 5) is 5.82. The number of hydrogen-bond acceptors (Lipinski definition) is 4. The zero-order valence-electron chi connectivity index (χ0n) is 8.82. The fraction of sp³-hybridized carbons (Fsp3) is 0.400. The average Bonchev–Trinajstić information content (AvgIpc) is 2.59. The summed E-state index contributed by atoms with van der Waals surface area (Å²) in [6.45, 7) is 5.74. The van der Waals surface area contributed by atoms with Crippen LogP contribution in [0.3, 0.4) is 0 Å². The molecule has 3 nitrogen and oxygen atoms in total. The second kappa shape index (κ2) is 4.08. The maximum atomic E-state index is 5.65. The van der Waals surface area contributed by atoms with E-state index in [1.807, 2.05) is 0 Å². The van der Waals surface area contributed by atoms with Crippen LogP contribution in [0.2, 0.25) is 0 Å². The third-order valence-corrected chi connectivity index (χ3v) is 4.76. The van der Waals surface area contributed by atoms with Crippen LogP contribution >= 0.6 is 22.0 Å². The Morgan fingerprint density at radius 1 is 1.67 bits per heavy atom. The zero-order chi connectivity index (χ0) is 11.0. The van der Waals surface area contributed by atoms with E-state index in [1.54, 1.807) is 11.3 Å². The highest BCUT2D eigenvalue weighted by molar-refractivity contribution is 8.11.